The Morgan fingerprint density at radius 1 is 1.16 bits per heavy atom. The summed E-state index contributed by atoms with van der Waals surface area (Å²) in [4.78, 5) is 2.61. The van der Waals surface area contributed by atoms with Crippen LogP contribution in [0.2, 0.25) is 0 Å². The van der Waals surface area contributed by atoms with E-state index in [4.69, 9.17) is 0 Å². The molecule has 0 spiro atoms. The average molecular weight is 324 g/mol. The molecule has 0 atom stereocenters. The lowest BCUT2D eigenvalue weighted by molar-refractivity contribution is 0.281. The van der Waals surface area contributed by atoms with Crippen LogP contribution in [-0.4, -0.2) is 18.4 Å². The first kappa shape index (κ1) is 14.9. The van der Waals surface area contributed by atoms with Gasteiger partial charge in [0, 0.05) is 24.1 Å². The standard InChI is InChI=1S/C17H26BrN/c1-3-10-17(13-18,11-4-2)14-19-12-9-15-7-5-6-8-16(15)19/h5-8H,3-4,9-14H2,1-2H3. The summed E-state index contributed by atoms with van der Waals surface area (Å²) in [6.45, 7) is 7.02. The van der Waals surface area contributed by atoms with Crippen molar-refractivity contribution in [3.05, 3.63) is 29.8 Å². The molecule has 0 aliphatic carbocycles. The highest BCUT2D eigenvalue weighted by molar-refractivity contribution is 9.09. The second-order valence-electron chi connectivity index (χ2n) is 5.93. The Morgan fingerprint density at radius 2 is 1.84 bits per heavy atom. The van der Waals surface area contributed by atoms with E-state index in [9.17, 15) is 0 Å². The molecule has 1 aliphatic heterocycles. The molecule has 2 rings (SSSR count). The van der Waals surface area contributed by atoms with E-state index in [1.807, 2.05) is 0 Å². The molecule has 0 bridgehead atoms. The van der Waals surface area contributed by atoms with E-state index >= 15 is 0 Å². The van der Waals surface area contributed by atoms with Crippen molar-refractivity contribution in [3.63, 3.8) is 0 Å². The van der Waals surface area contributed by atoms with Crippen molar-refractivity contribution >= 4 is 21.6 Å². The Labute approximate surface area is 126 Å². The first-order valence-electron chi connectivity index (χ1n) is 7.63. The minimum absolute atomic E-state index is 0.445. The van der Waals surface area contributed by atoms with E-state index in [1.165, 1.54) is 56.4 Å². The predicted octanol–water partition coefficient (Wildman–Crippen LogP) is 5.03. The molecule has 0 radical (unpaired) electrons. The van der Waals surface area contributed by atoms with Gasteiger partial charge in [0.1, 0.15) is 0 Å². The normalized spacial score (nSPS) is 14.8. The summed E-state index contributed by atoms with van der Waals surface area (Å²) in [6.07, 6.45) is 6.42. The number of nitrogens with zero attached hydrogens (tertiary/aromatic N) is 1. The third-order valence-electron chi connectivity index (χ3n) is 4.35. The van der Waals surface area contributed by atoms with E-state index in [1.54, 1.807) is 0 Å². The Morgan fingerprint density at radius 3 is 2.47 bits per heavy atom. The van der Waals surface area contributed by atoms with Gasteiger partial charge in [-0.2, -0.15) is 0 Å². The van der Waals surface area contributed by atoms with Gasteiger partial charge < -0.3 is 4.90 Å². The monoisotopic (exact) mass is 323 g/mol. The molecule has 0 saturated carbocycles. The van der Waals surface area contributed by atoms with Gasteiger partial charge in [-0.05, 0) is 36.3 Å². The van der Waals surface area contributed by atoms with Gasteiger partial charge in [0.05, 0.1) is 0 Å². The Hall–Kier alpha value is -0.500. The van der Waals surface area contributed by atoms with Crippen LogP contribution in [0.1, 0.15) is 45.1 Å². The first-order chi connectivity index (χ1) is 9.24. The Bertz CT molecular complexity index is 396. The highest BCUT2D eigenvalue weighted by Crippen LogP contribution is 2.37. The number of fused-ring (bicyclic) bond motifs is 1. The second kappa shape index (κ2) is 6.78. The van der Waals surface area contributed by atoms with Crippen molar-refractivity contribution in [2.75, 3.05) is 23.3 Å². The van der Waals surface area contributed by atoms with Crippen LogP contribution < -0.4 is 4.90 Å². The molecule has 0 N–H and O–H groups in total. The SMILES string of the molecule is CCCC(CBr)(CCC)CN1CCc2ccccc21. The highest BCUT2D eigenvalue weighted by Gasteiger charge is 2.32. The Balaban J connectivity index is 2.14. The van der Waals surface area contributed by atoms with Crippen molar-refractivity contribution in [1.29, 1.82) is 0 Å². The number of anilines is 1. The maximum atomic E-state index is 3.80. The molecule has 0 amide bonds. The summed E-state index contributed by atoms with van der Waals surface area (Å²) in [5.74, 6) is 0. The van der Waals surface area contributed by atoms with Gasteiger partial charge in [-0.25, -0.2) is 0 Å². The van der Waals surface area contributed by atoms with E-state index in [2.05, 4.69) is 58.9 Å². The van der Waals surface area contributed by atoms with Gasteiger partial charge >= 0.3 is 0 Å². The highest BCUT2D eigenvalue weighted by atomic mass is 79.9. The molecule has 106 valence electrons. The topological polar surface area (TPSA) is 3.24 Å². The maximum absolute atomic E-state index is 3.80. The van der Waals surface area contributed by atoms with Crippen molar-refractivity contribution in [1.82, 2.24) is 0 Å². The van der Waals surface area contributed by atoms with Gasteiger partial charge in [0.15, 0.2) is 0 Å². The van der Waals surface area contributed by atoms with Gasteiger partial charge in [-0.1, -0.05) is 60.8 Å². The van der Waals surface area contributed by atoms with Crippen LogP contribution >= 0.6 is 15.9 Å². The van der Waals surface area contributed by atoms with Gasteiger partial charge in [0.2, 0.25) is 0 Å². The van der Waals surface area contributed by atoms with Crippen LogP contribution in [0.4, 0.5) is 5.69 Å². The largest absolute Gasteiger partial charge is 0.370 e. The second-order valence-corrected chi connectivity index (χ2v) is 6.49. The molecule has 0 fully saturated rings. The molecule has 0 aromatic heterocycles. The van der Waals surface area contributed by atoms with Crippen molar-refractivity contribution in [3.8, 4) is 0 Å². The average Bonchev–Trinajstić information content (AvgIpc) is 2.83. The minimum atomic E-state index is 0.445. The smallest absolute Gasteiger partial charge is 0.0399 e. The van der Waals surface area contributed by atoms with E-state index < -0.39 is 0 Å². The zero-order valence-electron chi connectivity index (χ0n) is 12.3. The molecule has 19 heavy (non-hydrogen) atoms. The number of halogens is 1. The summed E-state index contributed by atoms with van der Waals surface area (Å²) in [5, 5.41) is 1.13. The van der Waals surface area contributed by atoms with Crippen LogP contribution in [0, 0.1) is 5.41 Å². The third kappa shape index (κ3) is 3.34. The molecular weight excluding hydrogens is 298 g/mol. The van der Waals surface area contributed by atoms with E-state index in [-0.39, 0.29) is 0 Å². The summed E-state index contributed by atoms with van der Waals surface area (Å²) in [6, 6.07) is 8.91. The Kier molecular flexibility index (Phi) is 5.32. The number of hydrogen-bond acceptors (Lipinski definition) is 1. The van der Waals surface area contributed by atoms with Crippen LogP contribution in [0.3, 0.4) is 0 Å². The van der Waals surface area contributed by atoms with Crippen molar-refractivity contribution in [2.45, 2.75) is 46.0 Å². The van der Waals surface area contributed by atoms with Crippen LogP contribution in [-0.2, 0) is 6.42 Å². The number of benzene rings is 1. The zero-order chi connectivity index (χ0) is 13.7. The summed E-state index contributed by atoms with van der Waals surface area (Å²) in [7, 11) is 0. The molecule has 1 aromatic carbocycles. The molecule has 2 heteroatoms. The number of hydrogen-bond donors (Lipinski definition) is 0. The van der Waals surface area contributed by atoms with Crippen molar-refractivity contribution < 1.29 is 0 Å². The maximum Gasteiger partial charge on any atom is 0.0399 e. The molecule has 1 aromatic rings. The first-order valence-corrected chi connectivity index (χ1v) is 8.75. The van der Waals surface area contributed by atoms with Gasteiger partial charge in [0.25, 0.3) is 0 Å². The summed E-state index contributed by atoms with van der Waals surface area (Å²) in [5.41, 5.74) is 3.44. The zero-order valence-corrected chi connectivity index (χ0v) is 13.9. The lowest BCUT2D eigenvalue weighted by atomic mass is 9.80. The lowest BCUT2D eigenvalue weighted by Crippen LogP contribution is -2.38. The quantitative estimate of drug-likeness (QED) is 0.636. The summed E-state index contributed by atoms with van der Waals surface area (Å²) >= 11 is 3.80. The van der Waals surface area contributed by atoms with Gasteiger partial charge in [-0.3, -0.25) is 0 Å². The summed E-state index contributed by atoms with van der Waals surface area (Å²) < 4.78 is 0. The fourth-order valence-corrected chi connectivity index (χ4v) is 4.23. The van der Waals surface area contributed by atoms with Crippen LogP contribution in [0.15, 0.2) is 24.3 Å². The molecule has 0 saturated heterocycles. The fourth-order valence-electron chi connectivity index (χ4n) is 3.50. The van der Waals surface area contributed by atoms with E-state index in [0.29, 0.717) is 5.41 Å². The minimum Gasteiger partial charge on any atom is -0.370 e. The number of alkyl halides is 1. The number of para-hydroxylation sites is 1. The molecule has 1 heterocycles. The van der Waals surface area contributed by atoms with E-state index in [0.717, 1.165) is 5.33 Å². The third-order valence-corrected chi connectivity index (χ3v) is 5.54. The molecule has 1 aliphatic rings. The van der Waals surface area contributed by atoms with Crippen molar-refractivity contribution in [2.24, 2.45) is 5.41 Å². The lowest BCUT2D eigenvalue weighted by Gasteiger charge is -2.37. The molecule has 1 nitrogen and oxygen atoms in total. The van der Waals surface area contributed by atoms with Crippen LogP contribution in [0.5, 0.6) is 0 Å². The predicted molar refractivity (Wildman–Crippen MR) is 88.4 cm³/mol. The fraction of sp³-hybridized carbons (Fsp3) is 0.647. The number of rotatable bonds is 7. The van der Waals surface area contributed by atoms with Crippen LogP contribution in [0.25, 0.3) is 0 Å². The molecule has 0 unspecified atom stereocenters. The van der Waals surface area contributed by atoms with Gasteiger partial charge in [-0.15, -0.1) is 0 Å². The molecular formula is C17H26BrN.